The number of unbranched alkanes of at least 4 members (excludes halogenated alkanes) is 2. The first-order valence-electron chi connectivity index (χ1n) is 13.4. The first-order chi connectivity index (χ1) is 17.5. The van der Waals surface area contributed by atoms with Gasteiger partial charge in [-0.1, -0.05) is 28.9 Å². The van der Waals surface area contributed by atoms with Gasteiger partial charge in [0.05, 0.1) is 5.41 Å². The number of rotatable bonds is 11. The molecule has 0 atom stereocenters. The van der Waals surface area contributed by atoms with Gasteiger partial charge in [0.15, 0.2) is 5.82 Å². The van der Waals surface area contributed by atoms with Gasteiger partial charge in [0, 0.05) is 42.1 Å². The number of anilines is 1. The maximum atomic E-state index is 14.3. The van der Waals surface area contributed by atoms with Gasteiger partial charge >= 0.3 is 0 Å². The Bertz CT molecular complexity index is 1270. The number of aromatic nitrogens is 3. The van der Waals surface area contributed by atoms with Gasteiger partial charge in [-0.15, -0.1) is 0 Å². The van der Waals surface area contributed by atoms with Crippen molar-refractivity contribution in [3.05, 3.63) is 47.8 Å². The molecular weight excluding hydrogens is 459 g/mol. The fourth-order valence-electron chi connectivity index (χ4n) is 5.94. The quantitative estimate of drug-likeness (QED) is 0.301. The number of halogens is 1. The third-order valence-corrected chi connectivity index (χ3v) is 8.32. The number of amides is 1. The van der Waals surface area contributed by atoms with Crippen LogP contribution in [0.15, 0.2) is 39.4 Å². The van der Waals surface area contributed by atoms with Crippen LogP contribution < -0.4 is 4.90 Å². The molecular formula is C28H31FN4O3. The molecule has 2 aromatic heterocycles. The van der Waals surface area contributed by atoms with Gasteiger partial charge < -0.3 is 13.9 Å². The van der Waals surface area contributed by atoms with E-state index >= 15 is 0 Å². The normalized spacial score (nSPS) is 26.4. The van der Waals surface area contributed by atoms with Crippen molar-refractivity contribution in [2.75, 3.05) is 11.4 Å². The third kappa shape index (κ3) is 4.04. The molecule has 0 N–H and O–H groups in total. The molecule has 0 saturated heterocycles. The van der Waals surface area contributed by atoms with E-state index < -0.39 is 11.1 Å². The molecule has 188 valence electrons. The minimum absolute atomic E-state index is 0.0592. The van der Waals surface area contributed by atoms with Gasteiger partial charge in [0.2, 0.25) is 11.8 Å². The first-order valence-corrected chi connectivity index (χ1v) is 13.4. The van der Waals surface area contributed by atoms with E-state index in [9.17, 15) is 9.18 Å². The smallest absolute Gasteiger partial charge is 0.233 e. The van der Waals surface area contributed by atoms with E-state index in [0.29, 0.717) is 43.5 Å². The SMILES string of the molecule is O=C(N(CCCCCc1nc(C2CC2)no1)c1cccc(-c2cc(C3CC3)on2)c1)C12CC(F)(C1)C2. The summed E-state index contributed by atoms with van der Waals surface area (Å²) in [5.41, 5.74) is 0.956. The predicted octanol–water partition coefficient (Wildman–Crippen LogP) is 6.12. The van der Waals surface area contributed by atoms with Gasteiger partial charge in [0.25, 0.3) is 0 Å². The second kappa shape index (κ2) is 8.25. The summed E-state index contributed by atoms with van der Waals surface area (Å²) < 4.78 is 25.2. The van der Waals surface area contributed by atoms with E-state index in [0.717, 1.165) is 79.9 Å². The predicted molar refractivity (Wildman–Crippen MR) is 130 cm³/mol. The minimum atomic E-state index is -1.10. The number of benzene rings is 1. The number of carbonyl (C=O) groups excluding carboxylic acids is 1. The molecule has 5 aliphatic carbocycles. The average Bonchev–Trinajstić information content (AvgIpc) is 3.78. The van der Waals surface area contributed by atoms with Crippen LogP contribution in [0.25, 0.3) is 11.3 Å². The minimum Gasteiger partial charge on any atom is -0.360 e. The summed E-state index contributed by atoms with van der Waals surface area (Å²) in [6.45, 7) is 0.604. The van der Waals surface area contributed by atoms with Crippen LogP contribution in [0.2, 0.25) is 0 Å². The zero-order valence-corrected chi connectivity index (χ0v) is 20.4. The lowest BCUT2D eigenvalue weighted by molar-refractivity contribution is -0.211. The van der Waals surface area contributed by atoms with E-state index in [-0.39, 0.29) is 5.91 Å². The maximum absolute atomic E-state index is 14.3. The van der Waals surface area contributed by atoms with Crippen molar-refractivity contribution in [1.29, 1.82) is 0 Å². The van der Waals surface area contributed by atoms with E-state index in [1.807, 2.05) is 35.2 Å². The Kier molecular flexibility index (Phi) is 5.08. The van der Waals surface area contributed by atoms with Gasteiger partial charge in [0.1, 0.15) is 17.1 Å². The van der Waals surface area contributed by atoms with Crippen molar-refractivity contribution in [2.45, 2.75) is 88.1 Å². The molecule has 36 heavy (non-hydrogen) atoms. The average molecular weight is 491 g/mol. The van der Waals surface area contributed by atoms with Gasteiger partial charge in [-0.2, -0.15) is 4.98 Å². The van der Waals surface area contributed by atoms with E-state index in [1.165, 1.54) is 0 Å². The highest BCUT2D eigenvalue weighted by Crippen LogP contribution is 2.70. The van der Waals surface area contributed by atoms with Crippen molar-refractivity contribution >= 4 is 11.6 Å². The molecule has 3 aromatic rings. The summed E-state index contributed by atoms with van der Waals surface area (Å²) in [5.74, 6) is 3.55. The number of aryl methyl sites for hydroxylation is 1. The molecule has 5 fully saturated rings. The highest BCUT2D eigenvalue weighted by molar-refractivity contribution is 6.00. The molecule has 1 amide bonds. The van der Waals surface area contributed by atoms with Crippen LogP contribution in [0.1, 0.15) is 93.5 Å². The number of hydrogen-bond acceptors (Lipinski definition) is 6. The molecule has 0 aliphatic heterocycles. The topological polar surface area (TPSA) is 85.3 Å². The lowest BCUT2D eigenvalue weighted by Gasteiger charge is -2.65. The molecule has 2 heterocycles. The lowest BCUT2D eigenvalue weighted by atomic mass is 9.42. The Morgan fingerprint density at radius 2 is 1.81 bits per heavy atom. The Morgan fingerprint density at radius 3 is 2.56 bits per heavy atom. The molecule has 0 unspecified atom stereocenters. The Labute approximate surface area is 209 Å². The summed E-state index contributed by atoms with van der Waals surface area (Å²) in [6.07, 6.45) is 9.21. The van der Waals surface area contributed by atoms with Gasteiger partial charge in [-0.25, -0.2) is 4.39 Å². The molecule has 5 saturated carbocycles. The molecule has 2 bridgehead atoms. The highest BCUT2D eigenvalue weighted by Gasteiger charge is 2.73. The van der Waals surface area contributed by atoms with Crippen molar-refractivity contribution in [3.8, 4) is 11.3 Å². The van der Waals surface area contributed by atoms with Crippen LogP contribution in [-0.4, -0.2) is 33.4 Å². The van der Waals surface area contributed by atoms with Gasteiger partial charge in [-0.3, -0.25) is 4.79 Å². The van der Waals surface area contributed by atoms with Gasteiger partial charge in [-0.05, 0) is 69.9 Å². The summed E-state index contributed by atoms with van der Waals surface area (Å²) in [5, 5.41) is 8.36. The molecule has 8 rings (SSSR count). The Morgan fingerprint density at radius 1 is 1.00 bits per heavy atom. The van der Waals surface area contributed by atoms with E-state index in [2.05, 4.69) is 15.3 Å². The molecule has 8 heteroatoms. The number of nitrogens with zero attached hydrogens (tertiary/aromatic N) is 4. The third-order valence-electron chi connectivity index (χ3n) is 8.32. The largest absolute Gasteiger partial charge is 0.360 e. The zero-order valence-electron chi connectivity index (χ0n) is 20.4. The van der Waals surface area contributed by atoms with Crippen molar-refractivity contribution in [1.82, 2.24) is 15.3 Å². The highest BCUT2D eigenvalue weighted by atomic mass is 19.1. The number of carbonyl (C=O) groups is 1. The summed E-state index contributed by atoms with van der Waals surface area (Å²) in [6, 6.07) is 9.96. The van der Waals surface area contributed by atoms with Crippen LogP contribution in [-0.2, 0) is 11.2 Å². The summed E-state index contributed by atoms with van der Waals surface area (Å²) >= 11 is 0. The Balaban J connectivity index is 1.03. The van der Waals surface area contributed by atoms with E-state index in [4.69, 9.17) is 9.05 Å². The monoisotopic (exact) mass is 490 g/mol. The molecule has 0 spiro atoms. The molecule has 7 nitrogen and oxygen atoms in total. The number of hydrogen-bond donors (Lipinski definition) is 0. The van der Waals surface area contributed by atoms with Crippen molar-refractivity contribution < 1.29 is 18.2 Å². The Hall–Kier alpha value is -3.03. The fourth-order valence-corrected chi connectivity index (χ4v) is 5.94. The van der Waals surface area contributed by atoms with Crippen LogP contribution in [0, 0.1) is 5.41 Å². The van der Waals surface area contributed by atoms with Crippen LogP contribution in [0.4, 0.5) is 10.1 Å². The fraction of sp³-hybridized carbons (Fsp3) is 0.571. The van der Waals surface area contributed by atoms with Crippen molar-refractivity contribution in [2.24, 2.45) is 5.41 Å². The lowest BCUT2D eigenvalue weighted by Crippen LogP contribution is -2.70. The zero-order chi connectivity index (χ0) is 24.3. The standard InChI is InChI=1S/C28H31FN4O3/c29-28-15-27(16-28,17-28)26(34)33(12-3-1-2-7-24-30-25(32-36-24)19-10-11-19)21-6-4-5-20(13-21)22-14-23(35-31-22)18-8-9-18/h4-6,13-14,18-19H,1-3,7-12,15-17H2. The van der Waals surface area contributed by atoms with E-state index in [1.54, 1.807) is 0 Å². The second-order valence-corrected chi connectivity index (χ2v) is 11.5. The van der Waals surface area contributed by atoms with Crippen LogP contribution >= 0.6 is 0 Å². The second-order valence-electron chi connectivity index (χ2n) is 11.5. The summed E-state index contributed by atoms with van der Waals surface area (Å²) in [4.78, 5) is 20.0. The maximum Gasteiger partial charge on any atom is 0.233 e. The molecule has 0 radical (unpaired) electrons. The number of alkyl halides is 1. The first kappa shape index (κ1) is 22.2. The molecule has 1 aromatic carbocycles. The molecule has 5 aliphatic rings. The summed E-state index contributed by atoms with van der Waals surface area (Å²) in [7, 11) is 0. The van der Waals surface area contributed by atoms with Crippen molar-refractivity contribution in [3.63, 3.8) is 0 Å². The van der Waals surface area contributed by atoms with Crippen LogP contribution in [0.5, 0.6) is 0 Å². The van der Waals surface area contributed by atoms with Crippen LogP contribution in [0.3, 0.4) is 0 Å².